The molecule has 8 heteroatoms. The highest BCUT2D eigenvalue weighted by atomic mass is 32.2. The molecule has 0 spiro atoms. The largest absolute Gasteiger partial charge is 0.340 e. The molecule has 0 radical (unpaired) electrons. The quantitative estimate of drug-likeness (QED) is 0.794. The summed E-state index contributed by atoms with van der Waals surface area (Å²) in [6.45, 7) is 4.26. The molecular weight excluding hydrogens is 364 g/mol. The Bertz CT molecular complexity index is 928. The van der Waals surface area contributed by atoms with Crippen molar-refractivity contribution in [3.63, 3.8) is 0 Å². The number of benzene rings is 1. The van der Waals surface area contributed by atoms with Crippen molar-refractivity contribution in [2.24, 2.45) is 5.92 Å². The van der Waals surface area contributed by atoms with E-state index in [1.807, 2.05) is 22.6 Å². The van der Waals surface area contributed by atoms with Crippen molar-refractivity contribution in [3.8, 4) is 0 Å². The fourth-order valence-corrected chi connectivity index (χ4v) is 5.27. The van der Waals surface area contributed by atoms with E-state index in [9.17, 15) is 13.2 Å². The van der Waals surface area contributed by atoms with Crippen LogP contribution in [0.5, 0.6) is 0 Å². The van der Waals surface area contributed by atoms with Crippen LogP contribution in [0.4, 0.5) is 0 Å². The van der Waals surface area contributed by atoms with Gasteiger partial charge in [0.15, 0.2) is 0 Å². The molecule has 1 aromatic carbocycles. The van der Waals surface area contributed by atoms with Crippen LogP contribution in [0.1, 0.15) is 17.7 Å². The first-order chi connectivity index (χ1) is 12.9. The third-order valence-electron chi connectivity index (χ3n) is 5.51. The molecule has 1 amide bonds. The number of hydrogen-bond donors (Lipinski definition) is 0. The van der Waals surface area contributed by atoms with Gasteiger partial charge in [0.05, 0.1) is 4.90 Å². The van der Waals surface area contributed by atoms with Gasteiger partial charge in [-0.1, -0.05) is 17.7 Å². The van der Waals surface area contributed by atoms with Crippen molar-refractivity contribution in [3.05, 3.63) is 47.8 Å². The van der Waals surface area contributed by atoms with E-state index in [1.54, 1.807) is 30.5 Å². The number of sulfonamides is 1. The number of carbonyl (C=O) groups excluding carboxylic acids is 1. The van der Waals surface area contributed by atoms with E-state index < -0.39 is 10.0 Å². The predicted molar refractivity (Wildman–Crippen MR) is 101 cm³/mol. The van der Waals surface area contributed by atoms with E-state index in [0.29, 0.717) is 37.5 Å². The SMILES string of the molecule is Cc1ccc(S(=O)(=O)N2CCN(C(=O)C3CCn4nccc4C3)CC2)cc1. The van der Waals surface area contributed by atoms with Crippen LogP contribution in [0.2, 0.25) is 0 Å². The number of nitrogens with zero attached hydrogens (tertiary/aromatic N) is 4. The fourth-order valence-electron chi connectivity index (χ4n) is 3.84. The van der Waals surface area contributed by atoms with E-state index in [1.165, 1.54) is 4.31 Å². The van der Waals surface area contributed by atoms with Gasteiger partial charge in [-0.3, -0.25) is 9.48 Å². The summed E-state index contributed by atoms with van der Waals surface area (Å²) in [6.07, 6.45) is 3.27. The Labute approximate surface area is 159 Å². The minimum absolute atomic E-state index is 0.0329. The van der Waals surface area contributed by atoms with Crippen LogP contribution in [0.25, 0.3) is 0 Å². The Morgan fingerprint density at radius 1 is 1.04 bits per heavy atom. The summed E-state index contributed by atoms with van der Waals surface area (Å²) in [7, 11) is -3.50. The van der Waals surface area contributed by atoms with Gasteiger partial charge in [-0.2, -0.15) is 9.40 Å². The number of hydrogen-bond acceptors (Lipinski definition) is 4. The van der Waals surface area contributed by atoms with Crippen molar-refractivity contribution in [2.75, 3.05) is 26.2 Å². The molecule has 1 unspecified atom stereocenters. The lowest BCUT2D eigenvalue weighted by Gasteiger charge is -2.36. The molecule has 1 fully saturated rings. The lowest BCUT2D eigenvalue weighted by atomic mass is 9.94. The van der Waals surface area contributed by atoms with Crippen LogP contribution in [-0.4, -0.2) is 59.5 Å². The maximum Gasteiger partial charge on any atom is 0.243 e. The molecule has 1 saturated heterocycles. The van der Waals surface area contributed by atoms with E-state index in [2.05, 4.69) is 5.10 Å². The number of fused-ring (bicyclic) bond motifs is 1. The molecule has 1 atom stereocenters. The number of aryl methyl sites for hydroxylation is 2. The number of rotatable bonds is 3. The first kappa shape index (κ1) is 18.2. The minimum Gasteiger partial charge on any atom is -0.340 e. The van der Waals surface area contributed by atoms with Crippen molar-refractivity contribution < 1.29 is 13.2 Å². The van der Waals surface area contributed by atoms with Crippen LogP contribution in [-0.2, 0) is 27.8 Å². The van der Waals surface area contributed by atoms with Crippen LogP contribution in [0.15, 0.2) is 41.4 Å². The van der Waals surface area contributed by atoms with Crippen LogP contribution in [0, 0.1) is 12.8 Å². The number of aromatic nitrogens is 2. The minimum atomic E-state index is -3.50. The topological polar surface area (TPSA) is 75.5 Å². The molecule has 3 heterocycles. The van der Waals surface area contributed by atoms with Gasteiger partial charge in [0.25, 0.3) is 0 Å². The van der Waals surface area contributed by atoms with Gasteiger partial charge in [-0.15, -0.1) is 0 Å². The maximum atomic E-state index is 12.9. The summed E-state index contributed by atoms with van der Waals surface area (Å²) in [5.74, 6) is 0.101. The molecule has 2 aliphatic rings. The molecule has 0 N–H and O–H groups in total. The van der Waals surface area contributed by atoms with Gasteiger partial charge < -0.3 is 4.90 Å². The predicted octanol–water partition coefficient (Wildman–Crippen LogP) is 1.29. The summed E-state index contributed by atoms with van der Waals surface area (Å²) in [5.41, 5.74) is 2.12. The van der Waals surface area contributed by atoms with E-state index >= 15 is 0 Å². The zero-order chi connectivity index (χ0) is 19.0. The molecule has 0 aliphatic carbocycles. The number of amides is 1. The first-order valence-corrected chi connectivity index (χ1v) is 10.8. The number of carbonyl (C=O) groups is 1. The van der Waals surface area contributed by atoms with Gasteiger partial charge in [0, 0.05) is 57.0 Å². The van der Waals surface area contributed by atoms with E-state index in [-0.39, 0.29) is 11.8 Å². The summed E-state index contributed by atoms with van der Waals surface area (Å²) in [6, 6.07) is 8.87. The summed E-state index contributed by atoms with van der Waals surface area (Å²) < 4.78 is 29.0. The molecule has 27 heavy (non-hydrogen) atoms. The zero-order valence-corrected chi connectivity index (χ0v) is 16.2. The number of piperazine rings is 1. The van der Waals surface area contributed by atoms with E-state index in [0.717, 1.165) is 24.2 Å². The molecule has 2 aromatic rings. The Kier molecular flexibility index (Phi) is 4.77. The average molecular weight is 388 g/mol. The van der Waals surface area contributed by atoms with Crippen molar-refractivity contribution in [1.29, 1.82) is 0 Å². The van der Waals surface area contributed by atoms with Gasteiger partial charge in [0.1, 0.15) is 0 Å². The van der Waals surface area contributed by atoms with Gasteiger partial charge in [-0.25, -0.2) is 8.42 Å². The Morgan fingerprint density at radius 2 is 1.74 bits per heavy atom. The van der Waals surface area contributed by atoms with E-state index in [4.69, 9.17) is 0 Å². The molecule has 144 valence electrons. The highest BCUT2D eigenvalue weighted by molar-refractivity contribution is 7.89. The van der Waals surface area contributed by atoms with Crippen molar-refractivity contribution in [2.45, 2.75) is 31.2 Å². The third-order valence-corrected chi connectivity index (χ3v) is 7.42. The maximum absolute atomic E-state index is 12.9. The molecule has 2 aliphatic heterocycles. The molecule has 1 aromatic heterocycles. The Hall–Kier alpha value is -2.19. The lowest BCUT2D eigenvalue weighted by Crippen LogP contribution is -2.52. The molecule has 0 saturated carbocycles. The normalized spacial score (nSPS) is 21.1. The van der Waals surface area contributed by atoms with Gasteiger partial charge >= 0.3 is 0 Å². The van der Waals surface area contributed by atoms with Gasteiger partial charge in [0.2, 0.25) is 15.9 Å². The second-order valence-electron chi connectivity index (χ2n) is 7.28. The highest BCUT2D eigenvalue weighted by Crippen LogP contribution is 2.23. The summed E-state index contributed by atoms with van der Waals surface area (Å²) >= 11 is 0. The molecule has 0 bridgehead atoms. The standard InChI is InChI=1S/C19H24N4O3S/c1-15-2-4-18(5-3-15)27(25,26)22-12-10-21(11-13-22)19(24)16-7-9-23-17(14-16)6-8-20-23/h2-6,8,16H,7,9-14H2,1H3. The molecular formula is C19H24N4O3S. The summed E-state index contributed by atoms with van der Waals surface area (Å²) in [5, 5.41) is 4.25. The van der Waals surface area contributed by atoms with Crippen LogP contribution >= 0.6 is 0 Å². The second-order valence-corrected chi connectivity index (χ2v) is 9.22. The Balaban J connectivity index is 1.39. The van der Waals surface area contributed by atoms with Crippen LogP contribution < -0.4 is 0 Å². The highest BCUT2D eigenvalue weighted by Gasteiger charge is 2.33. The zero-order valence-electron chi connectivity index (χ0n) is 15.4. The smallest absolute Gasteiger partial charge is 0.243 e. The Morgan fingerprint density at radius 3 is 2.44 bits per heavy atom. The van der Waals surface area contributed by atoms with Gasteiger partial charge in [-0.05, 0) is 31.5 Å². The summed E-state index contributed by atoms with van der Waals surface area (Å²) in [4.78, 5) is 15.0. The lowest BCUT2D eigenvalue weighted by molar-refractivity contribution is -0.137. The fraction of sp³-hybridized carbons (Fsp3) is 0.474. The van der Waals surface area contributed by atoms with Crippen LogP contribution in [0.3, 0.4) is 0 Å². The molecule has 4 rings (SSSR count). The van der Waals surface area contributed by atoms with Crippen molar-refractivity contribution in [1.82, 2.24) is 19.0 Å². The van der Waals surface area contributed by atoms with Crippen molar-refractivity contribution >= 4 is 15.9 Å². The third kappa shape index (κ3) is 3.51. The second kappa shape index (κ2) is 7.09. The molecule has 7 nitrogen and oxygen atoms in total. The first-order valence-electron chi connectivity index (χ1n) is 9.31. The monoisotopic (exact) mass is 388 g/mol. The average Bonchev–Trinajstić information content (AvgIpc) is 3.15.